The number of pyridine rings is 1. The Kier molecular flexibility index (Phi) is 2.21. The van der Waals surface area contributed by atoms with Gasteiger partial charge < -0.3 is 4.74 Å². The fourth-order valence-corrected chi connectivity index (χ4v) is 0.631. The van der Waals surface area contributed by atoms with E-state index in [0.717, 1.165) is 6.07 Å². The van der Waals surface area contributed by atoms with Gasteiger partial charge in [0.1, 0.15) is 0 Å². The van der Waals surface area contributed by atoms with E-state index >= 15 is 0 Å². The first-order valence-corrected chi connectivity index (χ1v) is 3.04. The number of hydrogen-bond donors (Lipinski definition) is 0. The summed E-state index contributed by atoms with van der Waals surface area (Å²) in [4.78, 5) is 3.16. The molecule has 0 N–H and O–H groups in total. The van der Waals surface area contributed by atoms with Crippen molar-refractivity contribution in [3.63, 3.8) is 0 Å². The highest BCUT2D eigenvalue weighted by Crippen LogP contribution is 2.27. The first-order valence-electron chi connectivity index (χ1n) is 3.04. The molecule has 0 aliphatic carbocycles. The zero-order valence-electron chi connectivity index (χ0n) is 6.14. The molecule has 0 aromatic carbocycles. The second kappa shape index (κ2) is 3.00. The lowest BCUT2D eigenvalue weighted by atomic mass is 10.3. The van der Waals surface area contributed by atoms with Gasteiger partial charge in [0.2, 0.25) is 5.88 Å². The zero-order valence-corrected chi connectivity index (χ0v) is 6.14. The molecule has 1 rings (SSSR count). The number of alkyl halides is 3. The molecule has 1 radical (unpaired) electrons. The van der Waals surface area contributed by atoms with Crippen LogP contribution in [0, 0.1) is 6.07 Å². The van der Waals surface area contributed by atoms with Gasteiger partial charge in [0.15, 0.2) is 5.69 Å². The van der Waals surface area contributed by atoms with Crippen molar-refractivity contribution in [3.8, 4) is 5.88 Å². The van der Waals surface area contributed by atoms with E-state index in [4.69, 9.17) is 0 Å². The minimum atomic E-state index is -4.46. The van der Waals surface area contributed by atoms with Gasteiger partial charge in [-0.1, -0.05) is 0 Å². The highest BCUT2D eigenvalue weighted by atomic mass is 19.4. The van der Waals surface area contributed by atoms with Gasteiger partial charge in [0.25, 0.3) is 0 Å². The number of rotatable bonds is 1. The summed E-state index contributed by atoms with van der Waals surface area (Å²) in [5, 5.41) is 0. The fourth-order valence-electron chi connectivity index (χ4n) is 0.631. The van der Waals surface area contributed by atoms with E-state index in [1.54, 1.807) is 0 Å². The summed E-state index contributed by atoms with van der Waals surface area (Å²) in [6.45, 7) is 0. The summed E-state index contributed by atoms with van der Waals surface area (Å²) in [5.74, 6) is -0.0684. The third-order valence-corrected chi connectivity index (χ3v) is 1.15. The Hall–Kier alpha value is -1.26. The van der Waals surface area contributed by atoms with E-state index in [-0.39, 0.29) is 5.88 Å². The molecule has 65 valence electrons. The third kappa shape index (κ3) is 1.87. The van der Waals surface area contributed by atoms with Gasteiger partial charge in [0.05, 0.1) is 7.11 Å². The fraction of sp³-hybridized carbons (Fsp3) is 0.286. The van der Waals surface area contributed by atoms with Crippen LogP contribution in [-0.2, 0) is 6.18 Å². The molecule has 1 heterocycles. The molecular weight excluding hydrogens is 171 g/mol. The van der Waals surface area contributed by atoms with Gasteiger partial charge >= 0.3 is 6.18 Å². The van der Waals surface area contributed by atoms with Crippen molar-refractivity contribution in [1.82, 2.24) is 4.98 Å². The first kappa shape index (κ1) is 8.83. The highest BCUT2D eigenvalue weighted by Gasteiger charge is 2.32. The zero-order chi connectivity index (χ0) is 9.19. The van der Waals surface area contributed by atoms with Crippen molar-refractivity contribution in [2.24, 2.45) is 0 Å². The highest BCUT2D eigenvalue weighted by molar-refractivity contribution is 5.16. The van der Waals surface area contributed by atoms with Crippen molar-refractivity contribution < 1.29 is 17.9 Å². The Morgan fingerprint density at radius 3 is 2.67 bits per heavy atom. The van der Waals surface area contributed by atoms with Crippen LogP contribution in [-0.4, -0.2) is 12.1 Å². The SMILES string of the molecule is COc1cc[c]c(C(F)(F)F)n1. The van der Waals surface area contributed by atoms with Gasteiger partial charge in [-0.25, -0.2) is 4.98 Å². The normalized spacial score (nSPS) is 11.3. The summed E-state index contributed by atoms with van der Waals surface area (Å²) in [5.41, 5.74) is -1.07. The summed E-state index contributed by atoms with van der Waals surface area (Å²) in [6.07, 6.45) is -4.46. The van der Waals surface area contributed by atoms with Crippen LogP contribution in [0.5, 0.6) is 5.88 Å². The minimum absolute atomic E-state index is 0.0684. The smallest absolute Gasteiger partial charge is 0.434 e. The van der Waals surface area contributed by atoms with Crippen LogP contribution < -0.4 is 4.74 Å². The molecule has 0 aliphatic rings. The topological polar surface area (TPSA) is 22.1 Å². The van der Waals surface area contributed by atoms with Crippen LogP contribution in [0.1, 0.15) is 5.69 Å². The maximum absolute atomic E-state index is 12.0. The summed E-state index contributed by atoms with van der Waals surface area (Å²) in [7, 11) is 1.25. The minimum Gasteiger partial charge on any atom is -0.481 e. The molecule has 0 bridgehead atoms. The van der Waals surface area contributed by atoms with Crippen LogP contribution in [0.2, 0.25) is 0 Å². The second-order valence-corrected chi connectivity index (χ2v) is 1.98. The van der Waals surface area contributed by atoms with Crippen LogP contribution in [0.4, 0.5) is 13.2 Å². The van der Waals surface area contributed by atoms with Crippen LogP contribution in [0.25, 0.3) is 0 Å². The predicted molar refractivity (Wildman–Crippen MR) is 34.6 cm³/mol. The molecule has 5 heteroatoms. The van der Waals surface area contributed by atoms with Crippen molar-refractivity contribution >= 4 is 0 Å². The summed E-state index contributed by atoms with van der Waals surface area (Å²) < 4.78 is 40.4. The Bertz CT molecular complexity index is 272. The molecule has 0 atom stereocenters. The number of halogens is 3. The predicted octanol–water partition coefficient (Wildman–Crippen LogP) is 1.91. The van der Waals surface area contributed by atoms with E-state index in [9.17, 15) is 13.2 Å². The molecule has 0 fully saturated rings. The molecule has 1 aromatic heterocycles. The van der Waals surface area contributed by atoms with Gasteiger partial charge in [0, 0.05) is 12.1 Å². The molecule has 0 unspecified atom stereocenters. The molecule has 0 spiro atoms. The Morgan fingerprint density at radius 1 is 1.50 bits per heavy atom. The Labute approximate surface area is 67.0 Å². The number of aromatic nitrogens is 1. The first-order chi connectivity index (χ1) is 5.54. The summed E-state index contributed by atoms with van der Waals surface area (Å²) >= 11 is 0. The molecule has 0 aliphatic heterocycles. The molecule has 0 amide bonds. The van der Waals surface area contributed by atoms with Gasteiger partial charge in [-0.3, -0.25) is 0 Å². The number of hydrogen-bond acceptors (Lipinski definition) is 2. The van der Waals surface area contributed by atoms with Crippen molar-refractivity contribution in [3.05, 3.63) is 23.9 Å². The average Bonchev–Trinajstić information content (AvgIpc) is 2.03. The number of methoxy groups -OCH3 is 1. The van der Waals surface area contributed by atoms with E-state index in [1.165, 1.54) is 13.2 Å². The molecule has 0 saturated heterocycles. The summed E-state index contributed by atoms with van der Waals surface area (Å²) in [6, 6.07) is 4.39. The lowest BCUT2D eigenvalue weighted by Gasteiger charge is -2.05. The Balaban J connectivity index is 3.02. The number of nitrogens with zero attached hydrogens (tertiary/aromatic N) is 1. The molecule has 0 saturated carbocycles. The standard InChI is InChI=1S/C7H5F3NO/c1-12-6-4-2-3-5(11-6)7(8,9)10/h2,4H,1H3. The lowest BCUT2D eigenvalue weighted by molar-refractivity contribution is -0.141. The van der Waals surface area contributed by atoms with Crippen LogP contribution in [0.3, 0.4) is 0 Å². The lowest BCUT2D eigenvalue weighted by Crippen LogP contribution is -2.08. The molecular formula is C7H5F3NO. The molecule has 2 nitrogen and oxygen atoms in total. The third-order valence-electron chi connectivity index (χ3n) is 1.15. The van der Waals surface area contributed by atoms with Crippen molar-refractivity contribution in [2.75, 3.05) is 7.11 Å². The van der Waals surface area contributed by atoms with Gasteiger partial charge in [-0.2, -0.15) is 13.2 Å². The van der Waals surface area contributed by atoms with E-state index in [2.05, 4.69) is 9.72 Å². The number of ether oxygens (including phenoxy) is 1. The van der Waals surface area contributed by atoms with Crippen LogP contribution in [0.15, 0.2) is 12.1 Å². The maximum Gasteiger partial charge on any atom is 0.434 e. The largest absolute Gasteiger partial charge is 0.481 e. The van der Waals surface area contributed by atoms with E-state index in [1.807, 2.05) is 6.07 Å². The quantitative estimate of drug-likeness (QED) is 0.652. The monoisotopic (exact) mass is 176 g/mol. The van der Waals surface area contributed by atoms with Crippen molar-refractivity contribution in [1.29, 1.82) is 0 Å². The average molecular weight is 176 g/mol. The van der Waals surface area contributed by atoms with Gasteiger partial charge in [-0.05, 0) is 6.07 Å². The molecule has 1 aromatic rings. The molecule has 12 heavy (non-hydrogen) atoms. The Morgan fingerprint density at radius 2 is 2.17 bits per heavy atom. The van der Waals surface area contributed by atoms with E-state index in [0.29, 0.717) is 0 Å². The van der Waals surface area contributed by atoms with Gasteiger partial charge in [-0.15, -0.1) is 0 Å². The maximum atomic E-state index is 12.0. The van der Waals surface area contributed by atoms with E-state index < -0.39 is 11.9 Å². The van der Waals surface area contributed by atoms with Crippen molar-refractivity contribution in [2.45, 2.75) is 6.18 Å². The van der Waals surface area contributed by atoms with Crippen LogP contribution >= 0.6 is 0 Å². The second-order valence-electron chi connectivity index (χ2n) is 1.98.